The lowest BCUT2D eigenvalue weighted by atomic mass is 9.87. The summed E-state index contributed by atoms with van der Waals surface area (Å²) in [4.78, 5) is 0. The highest BCUT2D eigenvalue weighted by molar-refractivity contribution is 5.37. The first-order valence-corrected chi connectivity index (χ1v) is 6.65. The average Bonchev–Trinajstić information content (AvgIpc) is 2.30. The maximum Gasteiger partial charge on any atom is 0.421 e. The molecule has 0 bridgehead atoms. The van der Waals surface area contributed by atoms with Crippen LogP contribution in [0.15, 0.2) is 18.2 Å². The van der Waals surface area contributed by atoms with E-state index in [4.69, 9.17) is 0 Å². The van der Waals surface area contributed by atoms with Crippen molar-refractivity contribution in [3.05, 3.63) is 34.9 Å². The van der Waals surface area contributed by atoms with Gasteiger partial charge in [-0.15, -0.1) is 0 Å². The molecule has 0 aliphatic carbocycles. The molecule has 1 unspecified atom stereocenters. The van der Waals surface area contributed by atoms with E-state index in [1.165, 1.54) is 6.07 Å². The fraction of sp³-hybridized carbons (Fsp3) is 0.600. The first kappa shape index (κ1) is 16.0. The van der Waals surface area contributed by atoms with E-state index in [1.54, 1.807) is 6.07 Å². The standard InChI is InChI=1S/C15H21F3O/c1-4-6-11-8-9-12(7-5-2)13(10-11)14(3,19)15(16,17)18/h8-10,19H,4-7H2,1-3H3. The van der Waals surface area contributed by atoms with Crippen molar-refractivity contribution in [3.8, 4) is 0 Å². The number of alkyl halides is 3. The first-order valence-electron chi connectivity index (χ1n) is 6.65. The monoisotopic (exact) mass is 274 g/mol. The lowest BCUT2D eigenvalue weighted by Crippen LogP contribution is -2.40. The normalized spacial score (nSPS) is 15.3. The molecule has 0 heterocycles. The third-order valence-corrected chi connectivity index (χ3v) is 3.31. The molecule has 19 heavy (non-hydrogen) atoms. The summed E-state index contributed by atoms with van der Waals surface area (Å²) >= 11 is 0. The Morgan fingerprint density at radius 2 is 1.63 bits per heavy atom. The number of halogens is 3. The minimum atomic E-state index is -4.67. The molecule has 1 aromatic rings. The van der Waals surface area contributed by atoms with Crippen molar-refractivity contribution in [3.63, 3.8) is 0 Å². The number of hydrogen-bond acceptors (Lipinski definition) is 1. The van der Waals surface area contributed by atoms with Crippen molar-refractivity contribution < 1.29 is 18.3 Å². The molecular formula is C15H21F3O. The van der Waals surface area contributed by atoms with Crippen LogP contribution in [0.2, 0.25) is 0 Å². The molecule has 1 nitrogen and oxygen atoms in total. The number of hydrogen-bond donors (Lipinski definition) is 1. The van der Waals surface area contributed by atoms with Crippen molar-refractivity contribution in [2.45, 2.75) is 58.2 Å². The zero-order valence-corrected chi connectivity index (χ0v) is 11.6. The summed E-state index contributed by atoms with van der Waals surface area (Å²) in [6, 6.07) is 5.07. The zero-order valence-electron chi connectivity index (χ0n) is 11.6. The van der Waals surface area contributed by atoms with Gasteiger partial charge in [-0.1, -0.05) is 44.9 Å². The Morgan fingerprint density at radius 1 is 1.05 bits per heavy atom. The minimum absolute atomic E-state index is 0.00667. The highest BCUT2D eigenvalue weighted by Crippen LogP contribution is 2.40. The number of benzene rings is 1. The van der Waals surface area contributed by atoms with Gasteiger partial charge in [0.05, 0.1) is 0 Å². The molecule has 0 amide bonds. The highest BCUT2D eigenvalue weighted by atomic mass is 19.4. The molecule has 4 heteroatoms. The van der Waals surface area contributed by atoms with E-state index in [0.29, 0.717) is 18.4 Å². The summed E-state index contributed by atoms with van der Waals surface area (Å²) in [5.41, 5.74) is -1.39. The second-order valence-electron chi connectivity index (χ2n) is 5.06. The minimum Gasteiger partial charge on any atom is -0.376 e. The lowest BCUT2D eigenvalue weighted by Gasteiger charge is -2.29. The quantitative estimate of drug-likeness (QED) is 0.845. The Kier molecular flexibility index (Phi) is 5.02. The summed E-state index contributed by atoms with van der Waals surface area (Å²) in [5, 5.41) is 9.90. The van der Waals surface area contributed by atoms with Crippen molar-refractivity contribution in [2.24, 2.45) is 0 Å². The number of aryl methyl sites for hydroxylation is 2. The SMILES string of the molecule is CCCc1ccc(CCC)c(C(C)(O)C(F)(F)F)c1. The summed E-state index contributed by atoms with van der Waals surface area (Å²) < 4.78 is 39.0. The zero-order chi connectivity index (χ0) is 14.7. The number of aliphatic hydroxyl groups is 1. The molecule has 0 aromatic heterocycles. The molecule has 0 spiro atoms. The van der Waals surface area contributed by atoms with Gasteiger partial charge in [-0.05, 0) is 36.5 Å². The van der Waals surface area contributed by atoms with Crippen LogP contribution < -0.4 is 0 Å². The highest BCUT2D eigenvalue weighted by Gasteiger charge is 2.51. The largest absolute Gasteiger partial charge is 0.421 e. The molecule has 0 aliphatic heterocycles. The molecule has 0 fully saturated rings. The van der Waals surface area contributed by atoms with Crippen LogP contribution in [-0.4, -0.2) is 11.3 Å². The van der Waals surface area contributed by atoms with Gasteiger partial charge >= 0.3 is 6.18 Å². The Balaban J connectivity index is 3.31. The third-order valence-electron chi connectivity index (χ3n) is 3.31. The van der Waals surface area contributed by atoms with E-state index in [9.17, 15) is 18.3 Å². The van der Waals surface area contributed by atoms with Crippen LogP contribution in [0.25, 0.3) is 0 Å². The van der Waals surface area contributed by atoms with E-state index in [1.807, 2.05) is 19.9 Å². The molecule has 0 saturated carbocycles. The fourth-order valence-electron chi connectivity index (χ4n) is 2.16. The topological polar surface area (TPSA) is 20.2 Å². The third kappa shape index (κ3) is 3.50. The van der Waals surface area contributed by atoms with Crippen molar-refractivity contribution in [1.82, 2.24) is 0 Å². The lowest BCUT2D eigenvalue weighted by molar-refractivity contribution is -0.259. The molecule has 0 aliphatic rings. The van der Waals surface area contributed by atoms with Gasteiger partial charge in [-0.2, -0.15) is 13.2 Å². The Hall–Kier alpha value is -1.03. The molecule has 0 radical (unpaired) electrons. The van der Waals surface area contributed by atoms with Crippen LogP contribution in [0.3, 0.4) is 0 Å². The smallest absolute Gasteiger partial charge is 0.376 e. The summed E-state index contributed by atoms with van der Waals surface area (Å²) in [6.07, 6.45) is -1.81. The molecule has 1 atom stereocenters. The number of rotatable bonds is 5. The van der Waals surface area contributed by atoms with Gasteiger partial charge in [0.1, 0.15) is 0 Å². The first-order chi connectivity index (χ1) is 8.74. The van der Waals surface area contributed by atoms with Gasteiger partial charge in [0.2, 0.25) is 0 Å². The van der Waals surface area contributed by atoms with Crippen molar-refractivity contribution >= 4 is 0 Å². The van der Waals surface area contributed by atoms with Crippen LogP contribution in [-0.2, 0) is 18.4 Å². The van der Waals surface area contributed by atoms with Gasteiger partial charge in [0.15, 0.2) is 5.60 Å². The Labute approximate surface area is 112 Å². The van der Waals surface area contributed by atoms with Crippen molar-refractivity contribution in [1.29, 1.82) is 0 Å². The van der Waals surface area contributed by atoms with Gasteiger partial charge in [-0.3, -0.25) is 0 Å². The Morgan fingerprint density at radius 3 is 2.11 bits per heavy atom. The second-order valence-corrected chi connectivity index (χ2v) is 5.06. The van der Waals surface area contributed by atoms with Crippen LogP contribution in [0.5, 0.6) is 0 Å². The average molecular weight is 274 g/mol. The molecule has 1 aromatic carbocycles. The fourth-order valence-corrected chi connectivity index (χ4v) is 2.16. The maximum atomic E-state index is 13.0. The van der Waals surface area contributed by atoms with Crippen LogP contribution in [0, 0.1) is 0 Å². The Bertz CT molecular complexity index is 422. The summed E-state index contributed by atoms with van der Waals surface area (Å²) in [7, 11) is 0. The van der Waals surface area contributed by atoms with E-state index < -0.39 is 11.8 Å². The van der Waals surface area contributed by atoms with Gasteiger partial charge in [0.25, 0.3) is 0 Å². The van der Waals surface area contributed by atoms with Crippen LogP contribution in [0.1, 0.15) is 50.3 Å². The van der Waals surface area contributed by atoms with Crippen molar-refractivity contribution in [2.75, 3.05) is 0 Å². The summed E-state index contributed by atoms with van der Waals surface area (Å²) in [6.45, 7) is 4.71. The molecular weight excluding hydrogens is 253 g/mol. The van der Waals surface area contributed by atoms with E-state index in [-0.39, 0.29) is 5.56 Å². The van der Waals surface area contributed by atoms with E-state index in [0.717, 1.165) is 25.3 Å². The second kappa shape index (κ2) is 5.95. The molecule has 108 valence electrons. The van der Waals surface area contributed by atoms with Gasteiger partial charge in [0, 0.05) is 0 Å². The molecule has 1 rings (SSSR count). The van der Waals surface area contributed by atoms with E-state index in [2.05, 4.69) is 0 Å². The van der Waals surface area contributed by atoms with Gasteiger partial charge in [-0.25, -0.2) is 0 Å². The summed E-state index contributed by atoms with van der Waals surface area (Å²) in [5.74, 6) is 0. The van der Waals surface area contributed by atoms with Gasteiger partial charge < -0.3 is 5.11 Å². The van der Waals surface area contributed by atoms with Crippen LogP contribution >= 0.6 is 0 Å². The molecule has 1 N–H and O–H groups in total. The van der Waals surface area contributed by atoms with Crippen LogP contribution in [0.4, 0.5) is 13.2 Å². The molecule has 0 saturated heterocycles. The van der Waals surface area contributed by atoms with E-state index >= 15 is 0 Å². The predicted octanol–water partition coefficient (Wildman–Crippen LogP) is 4.36. The maximum absolute atomic E-state index is 13.0. The predicted molar refractivity (Wildman–Crippen MR) is 70.1 cm³/mol.